The van der Waals surface area contributed by atoms with E-state index in [-0.39, 0.29) is 17.5 Å². The van der Waals surface area contributed by atoms with E-state index < -0.39 is 0 Å². The van der Waals surface area contributed by atoms with Crippen molar-refractivity contribution in [3.63, 3.8) is 0 Å². The predicted octanol–water partition coefficient (Wildman–Crippen LogP) is 3.77. The van der Waals surface area contributed by atoms with Crippen molar-refractivity contribution in [1.82, 2.24) is 15.1 Å². The SMILES string of the molecule is COc1ccc(CCC(=O)NCc2nn(C3CCCC3)c(=O)c3ccccc23)cc1. The van der Waals surface area contributed by atoms with E-state index in [2.05, 4.69) is 10.4 Å². The van der Waals surface area contributed by atoms with Gasteiger partial charge in [-0.25, -0.2) is 4.68 Å². The Morgan fingerprint density at radius 2 is 1.80 bits per heavy atom. The third-order valence-electron chi connectivity index (χ3n) is 5.83. The fourth-order valence-corrected chi connectivity index (χ4v) is 4.12. The lowest BCUT2D eigenvalue weighted by molar-refractivity contribution is -0.121. The molecule has 4 rings (SSSR count). The number of carbonyl (C=O) groups excluding carboxylic acids is 1. The van der Waals surface area contributed by atoms with Crippen LogP contribution in [0.1, 0.15) is 49.4 Å². The van der Waals surface area contributed by atoms with Gasteiger partial charge in [-0.1, -0.05) is 43.2 Å². The summed E-state index contributed by atoms with van der Waals surface area (Å²) in [6, 6.07) is 15.4. The first-order valence-electron chi connectivity index (χ1n) is 10.6. The van der Waals surface area contributed by atoms with Crippen molar-refractivity contribution < 1.29 is 9.53 Å². The van der Waals surface area contributed by atoms with Gasteiger partial charge in [-0.3, -0.25) is 9.59 Å². The molecular weight excluding hydrogens is 378 g/mol. The maximum Gasteiger partial charge on any atom is 0.274 e. The average Bonchev–Trinajstić information content (AvgIpc) is 3.32. The van der Waals surface area contributed by atoms with Gasteiger partial charge in [0, 0.05) is 11.8 Å². The smallest absolute Gasteiger partial charge is 0.274 e. The number of aryl methyl sites for hydroxylation is 1. The Hall–Kier alpha value is -3.15. The Kier molecular flexibility index (Phi) is 6.12. The molecule has 6 heteroatoms. The van der Waals surface area contributed by atoms with Crippen molar-refractivity contribution in [2.75, 3.05) is 7.11 Å². The molecule has 6 nitrogen and oxygen atoms in total. The fourth-order valence-electron chi connectivity index (χ4n) is 4.12. The molecule has 3 aromatic rings. The number of nitrogens with one attached hydrogen (secondary N) is 1. The normalized spacial score (nSPS) is 14.2. The molecule has 1 saturated carbocycles. The molecule has 1 aromatic heterocycles. The highest BCUT2D eigenvalue weighted by Crippen LogP contribution is 2.28. The highest BCUT2D eigenvalue weighted by molar-refractivity contribution is 5.84. The molecule has 0 bridgehead atoms. The number of methoxy groups -OCH3 is 1. The second kappa shape index (κ2) is 9.11. The van der Waals surface area contributed by atoms with Crippen molar-refractivity contribution in [3.05, 3.63) is 70.1 Å². The Morgan fingerprint density at radius 1 is 1.10 bits per heavy atom. The van der Waals surface area contributed by atoms with Crippen LogP contribution in [-0.2, 0) is 17.8 Å². The molecule has 1 amide bonds. The number of aromatic nitrogens is 2. The minimum absolute atomic E-state index is 0.0321. The summed E-state index contributed by atoms with van der Waals surface area (Å²) in [6.45, 7) is 0.314. The van der Waals surface area contributed by atoms with E-state index in [0.29, 0.717) is 24.8 Å². The Labute approximate surface area is 175 Å². The minimum Gasteiger partial charge on any atom is -0.497 e. The van der Waals surface area contributed by atoms with Crippen LogP contribution in [0.3, 0.4) is 0 Å². The van der Waals surface area contributed by atoms with Crippen LogP contribution < -0.4 is 15.6 Å². The van der Waals surface area contributed by atoms with Crippen LogP contribution in [0.4, 0.5) is 0 Å². The lowest BCUT2D eigenvalue weighted by Gasteiger charge is -2.16. The zero-order chi connectivity index (χ0) is 20.9. The molecule has 0 saturated heterocycles. The van der Waals surface area contributed by atoms with Crippen LogP contribution in [0.5, 0.6) is 5.75 Å². The summed E-state index contributed by atoms with van der Waals surface area (Å²) in [5.41, 5.74) is 1.80. The fraction of sp³-hybridized carbons (Fsp3) is 0.375. The molecule has 1 fully saturated rings. The van der Waals surface area contributed by atoms with E-state index in [4.69, 9.17) is 4.74 Å². The van der Waals surface area contributed by atoms with E-state index in [0.717, 1.165) is 48.1 Å². The number of nitrogens with zero attached hydrogens (tertiary/aromatic N) is 2. The first kappa shape index (κ1) is 20.1. The van der Waals surface area contributed by atoms with Gasteiger partial charge in [0.2, 0.25) is 5.91 Å². The zero-order valence-corrected chi connectivity index (χ0v) is 17.3. The maximum atomic E-state index is 12.9. The van der Waals surface area contributed by atoms with E-state index in [1.54, 1.807) is 11.8 Å². The van der Waals surface area contributed by atoms with Gasteiger partial charge in [0.1, 0.15) is 5.75 Å². The maximum absolute atomic E-state index is 12.9. The molecule has 2 aromatic carbocycles. The standard InChI is InChI=1S/C24H27N3O3/c1-30-19-13-10-17(11-14-19)12-15-23(28)25-16-22-20-8-4-5-9-21(20)24(29)27(26-22)18-6-2-3-7-18/h4-5,8-11,13-14,18H,2-3,6-7,12,15-16H2,1H3,(H,25,28). The average molecular weight is 405 g/mol. The summed E-state index contributed by atoms with van der Waals surface area (Å²) >= 11 is 0. The molecule has 1 aliphatic rings. The van der Waals surface area contributed by atoms with Crippen molar-refractivity contribution in [1.29, 1.82) is 0 Å². The Bertz CT molecular complexity index is 1080. The third kappa shape index (κ3) is 4.37. The van der Waals surface area contributed by atoms with Gasteiger partial charge in [-0.15, -0.1) is 0 Å². The van der Waals surface area contributed by atoms with Gasteiger partial charge in [-0.05, 0) is 43.0 Å². The summed E-state index contributed by atoms with van der Waals surface area (Å²) in [4.78, 5) is 25.3. The number of hydrogen-bond acceptors (Lipinski definition) is 4. The van der Waals surface area contributed by atoms with Crippen LogP contribution in [-0.4, -0.2) is 22.8 Å². The van der Waals surface area contributed by atoms with Gasteiger partial charge >= 0.3 is 0 Å². The summed E-state index contributed by atoms with van der Waals surface area (Å²) < 4.78 is 6.81. The number of rotatable bonds is 7. The van der Waals surface area contributed by atoms with Crippen molar-refractivity contribution >= 4 is 16.7 Å². The molecule has 1 aliphatic carbocycles. The number of benzene rings is 2. The number of carbonyl (C=O) groups is 1. The molecule has 1 heterocycles. The van der Waals surface area contributed by atoms with E-state index in [1.807, 2.05) is 48.5 Å². The second-order valence-corrected chi connectivity index (χ2v) is 7.81. The number of hydrogen-bond donors (Lipinski definition) is 1. The topological polar surface area (TPSA) is 73.2 Å². The minimum atomic E-state index is -0.0351. The summed E-state index contributed by atoms with van der Waals surface area (Å²) in [5.74, 6) is 0.772. The van der Waals surface area contributed by atoms with Crippen molar-refractivity contribution in [2.45, 2.75) is 51.1 Å². The number of amides is 1. The lowest BCUT2D eigenvalue weighted by atomic mass is 10.1. The van der Waals surface area contributed by atoms with Crippen LogP contribution >= 0.6 is 0 Å². The number of fused-ring (bicyclic) bond motifs is 1. The van der Waals surface area contributed by atoms with Crippen molar-refractivity contribution in [3.8, 4) is 5.75 Å². The summed E-state index contributed by atoms with van der Waals surface area (Å²) in [7, 11) is 1.63. The van der Waals surface area contributed by atoms with Gasteiger partial charge in [0.05, 0.1) is 30.8 Å². The monoisotopic (exact) mass is 405 g/mol. The van der Waals surface area contributed by atoms with Crippen LogP contribution in [0.25, 0.3) is 10.8 Å². The molecule has 0 unspecified atom stereocenters. The van der Waals surface area contributed by atoms with Crippen LogP contribution in [0.15, 0.2) is 53.3 Å². The highest BCUT2D eigenvalue weighted by Gasteiger charge is 2.21. The lowest BCUT2D eigenvalue weighted by Crippen LogP contribution is -2.30. The highest BCUT2D eigenvalue weighted by atomic mass is 16.5. The molecule has 156 valence electrons. The van der Waals surface area contributed by atoms with Gasteiger partial charge in [0.25, 0.3) is 5.56 Å². The first-order valence-corrected chi connectivity index (χ1v) is 10.6. The molecule has 0 aliphatic heterocycles. The first-order chi connectivity index (χ1) is 14.7. The Morgan fingerprint density at radius 3 is 2.50 bits per heavy atom. The van der Waals surface area contributed by atoms with E-state index >= 15 is 0 Å². The second-order valence-electron chi connectivity index (χ2n) is 7.81. The van der Waals surface area contributed by atoms with E-state index in [9.17, 15) is 9.59 Å². The molecule has 0 spiro atoms. The van der Waals surface area contributed by atoms with Gasteiger partial charge in [0.15, 0.2) is 0 Å². The third-order valence-corrected chi connectivity index (χ3v) is 5.83. The number of ether oxygens (including phenoxy) is 1. The van der Waals surface area contributed by atoms with E-state index in [1.165, 1.54) is 0 Å². The summed E-state index contributed by atoms with van der Waals surface area (Å²) in [6.07, 6.45) is 5.28. The molecule has 1 N–H and O–H groups in total. The molecule has 0 radical (unpaired) electrons. The molecular formula is C24H27N3O3. The molecule has 30 heavy (non-hydrogen) atoms. The Balaban J connectivity index is 1.46. The largest absolute Gasteiger partial charge is 0.497 e. The van der Waals surface area contributed by atoms with Gasteiger partial charge in [-0.2, -0.15) is 5.10 Å². The van der Waals surface area contributed by atoms with Crippen LogP contribution in [0.2, 0.25) is 0 Å². The quantitative estimate of drug-likeness (QED) is 0.649. The van der Waals surface area contributed by atoms with Gasteiger partial charge < -0.3 is 10.1 Å². The molecule has 0 atom stereocenters. The summed E-state index contributed by atoms with van der Waals surface area (Å²) in [5, 5.41) is 9.13. The predicted molar refractivity (Wildman–Crippen MR) is 117 cm³/mol. The van der Waals surface area contributed by atoms with Crippen LogP contribution in [0, 0.1) is 0 Å². The zero-order valence-electron chi connectivity index (χ0n) is 17.3. The van der Waals surface area contributed by atoms with Crippen molar-refractivity contribution in [2.24, 2.45) is 0 Å².